The molecule has 0 bridgehead atoms. The highest BCUT2D eigenvalue weighted by atomic mass is 16.2. The Morgan fingerprint density at radius 3 is 2.74 bits per heavy atom. The summed E-state index contributed by atoms with van der Waals surface area (Å²) in [5, 5.41) is 15.1. The Morgan fingerprint density at radius 2 is 2.04 bits per heavy atom. The first-order valence-electron chi connectivity index (χ1n) is 8.52. The highest BCUT2D eigenvalue weighted by Crippen LogP contribution is 2.15. The van der Waals surface area contributed by atoms with Crippen molar-refractivity contribution >= 4 is 22.5 Å². The molecule has 0 saturated carbocycles. The van der Waals surface area contributed by atoms with E-state index in [1.165, 1.54) is 4.52 Å². The number of hydrogen-bond donors (Lipinski definition) is 2. The number of aryl methyl sites for hydroxylation is 3. The van der Waals surface area contributed by atoms with Crippen molar-refractivity contribution in [3.05, 3.63) is 56.8 Å². The molecule has 4 aromatic rings. The number of benzene rings is 1. The SMILES string of the molecule is Cc1ccc2c(c1)[nH]c(=O)c1c(C(=O)NCc3c(C)nn(C)c3C)nnn12. The number of amides is 1. The van der Waals surface area contributed by atoms with Crippen molar-refractivity contribution in [3.8, 4) is 0 Å². The van der Waals surface area contributed by atoms with Crippen LogP contribution in [0, 0.1) is 20.8 Å². The minimum absolute atomic E-state index is 0.00192. The molecular weight excluding hydrogens is 346 g/mol. The molecule has 0 radical (unpaired) electrons. The number of H-pyrrole nitrogens is 1. The van der Waals surface area contributed by atoms with Gasteiger partial charge in [0, 0.05) is 24.8 Å². The van der Waals surface area contributed by atoms with Gasteiger partial charge >= 0.3 is 0 Å². The van der Waals surface area contributed by atoms with E-state index in [1.807, 2.05) is 46.0 Å². The average molecular weight is 365 g/mol. The molecule has 0 fully saturated rings. The van der Waals surface area contributed by atoms with E-state index < -0.39 is 11.5 Å². The van der Waals surface area contributed by atoms with Crippen LogP contribution in [-0.2, 0) is 13.6 Å². The summed E-state index contributed by atoms with van der Waals surface area (Å²) in [7, 11) is 1.85. The fourth-order valence-electron chi connectivity index (χ4n) is 3.25. The molecule has 4 rings (SSSR count). The Morgan fingerprint density at radius 1 is 1.26 bits per heavy atom. The summed E-state index contributed by atoms with van der Waals surface area (Å²) in [4.78, 5) is 28.0. The second kappa shape index (κ2) is 6.04. The monoisotopic (exact) mass is 365 g/mol. The Bertz CT molecular complexity index is 1260. The van der Waals surface area contributed by atoms with Crippen LogP contribution in [-0.4, -0.2) is 35.5 Å². The van der Waals surface area contributed by atoms with Gasteiger partial charge in [0.25, 0.3) is 11.5 Å². The van der Waals surface area contributed by atoms with Gasteiger partial charge in [-0.15, -0.1) is 5.10 Å². The van der Waals surface area contributed by atoms with Gasteiger partial charge in [-0.1, -0.05) is 11.3 Å². The second-order valence-electron chi connectivity index (χ2n) is 6.63. The van der Waals surface area contributed by atoms with Crippen LogP contribution in [0.15, 0.2) is 23.0 Å². The van der Waals surface area contributed by atoms with E-state index in [9.17, 15) is 9.59 Å². The summed E-state index contributed by atoms with van der Waals surface area (Å²) in [5.74, 6) is -0.454. The molecule has 0 saturated heterocycles. The molecule has 27 heavy (non-hydrogen) atoms. The maximum Gasteiger partial charge on any atom is 0.277 e. The van der Waals surface area contributed by atoms with Crippen molar-refractivity contribution in [1.82, 2.24) is 34.9 Å². The van der Waals surface area contributed by atoms with Crippen LogP contribution in [0.25, 0.3) is 16.6 Å². The standard InChI is InChI=1S/C18H19N7O2/c1-9-5-6-14-13(7-9)20-18(27)16-15(21-23-25(14)16)17(26)19-8-12-10(2)22-24(4)11(12)3/h5-7H,8H2,1-4H3,(H,19,26)(H,20,27). The molecule has 0 atom stereocenters. The van der Waals surface area contributed by atoms with Crippen molar-refractivity contribution in [2.75, 3.05) is 0 Å². The van der Waals surface area contributed by atoms with E-state index in [1.54, 1.807) is 4.68 Å². The summed E-state index contributed by atoms with van der Waals surface area (Å²) < 4.78 is 3.17. The van der Waals surface area contributed by atoms with E-state index in [-0.39, 0.29) is 11.2 Å². The number of hydrogen-bond acceptors (Lipinski definition) is 5. The Labute approximate surface area is 154 Å². The lowest BCUT2D eigenvalue weighted by Crippen LogP contribution is -2.25. The van der Waals surface area contributed by atoms with E-state index in [0.29, 0.717) is 17.6 Å². The van der Waals surface area contributed by atoms with Crippen LogP contribution >= 0.6 is 0 Å². The zero-order valence-corrected chi connectivity index (χ0v) is 15.5. The fourth-order valence-corrected chi connectivity index (χ4v) is 3.25. The number of aromatic amines is 1. The topological polar surface area (TPSA) is 110 Å². The molecule has 0 unspecified atom stereocenters. The average Bonchev–Trinajstić information content (AvgIpc) is 3.16. The molecule has 9 nitrogen and oxygen atoms in total. The molecule has 2 N–H and O–H groups in total. The van der Waals surface area contributed by atoms with E-state index in [2.05, 4.69) is 25.7 Å². The van der Waals surface area contributed by atoms with Crippen molar-refractivity contribution < 1.29 is 4.79 Å². The van der Waals surface area contributed by atoms with Gasteiger partial charge < -0.3 is 10.3 Å². The van der Waals surface area contributed by atoms with Gasteiger partial charge in [-0.25, -0.2) is 4.52 Å². The first-order chi connectivity index (χ1) is 12.9. The molecule has 3 heterocycles. The molecule has 0 aliphatic rings. The van der Waals surface area contributed by atoms with Crippen LogP contribution < -0.4 is 10.9 Å². The second-order valence-corrected chi connectivity index (χ2v) is 6.63. The molecule has 3 aromatic heterocycles. The van der Waals surface area contributed by atoms with Crippen LogP contribution in [0.1, 0.15) is 33.0 Å². The summed E-state index contributed by atoms with van der Waals surface area (Å²) in [6, 6.07) is 5.60. The van der Waals surface area contributed by atoms with E-state index >= 15 is 0 Å². The normalized spacial score (nSPS) is 11.4. The van der Waals surface area contributed by atoms with Gasteiger partial charge in [0.1, 0.15) is 0 Å². The minimum Gasteiger partial charge on any atom is -0.346 e. The van der Waals surface area contributed by atoms with Gasteiger partial charge in [0.15, 0.2) is 11.2 Å². The number of nitrogens with one attached hydrogen (secondary N) is 2. The van der Waals surface area contributed by atoms with Gasteiger partial charge in [-0.3, -0.25) is 14.3 Å². The Hall–Kier alpha value is -3.49. The zero-order valence-electron chi connectivity index (χ0n) is 15.5. The predicted molar refractivity (Wildman–Crippen MR) is 99.7 cm³/mol. The van der Waals surface area contributed by atoms with Gasteiger partial charge in [0.05, 0.1) is 16.7 Å². The van der Waals surface area contributed by atoms with Crippen LogP contribution in [0.4, 0.5) is 0 Å². The quantitative estimate of drug-likeness (QED) is 0.566. The number of nitrogens with zero attached hydrogens (tertiary/aromatic N) is 5. The van der Waals surface area contributed by atoms with Gasteiger partial charge in [-0.05, 0) is 38.5 Å². The molecule has 0 aliphatic carbocycles. The lowest BCUT2D eigenvalue weighted by atomic mass is 10.2. The number of aromatic nitrogens is 6. The lowest BCUT2D eigenvalue weighted by molar-refractivity contribution is 0.0947. The number of rotatable bonds is 3. The van der Waals surface area contributed by atoms with Crippen LogP contribution in [0.3, 0.4) is 0 Å². The van der Waals surface area contributed by atoms with Crippen molar-refractivity contribution in [2.24, 2.45) is 7.05 Å². The fraction of sp³-hybridized carbons (Fsp3) is 0.278. The van der Waals surface area contributed by atoms with E-state index in [0.717, 1.165) is 22.5 Å². The van der Waals surface area contributed by atoms with Gasteiger partial charge in [0.2, 0.25) is 0 Å². The molecule has 1 amide bonds. The van der Waals surface area contributed by atoms with Crippen molar-refractivity contribution in [1.29, 1.82) is 0 Å². The third kappa shape index (κ3) is 2.67. The molecule has 9 heteroatoms. The van der Waals surface area contributed by atoms with Crippen LogP contribution in [0.2, 0.25) is 0 Å². The molecular formula is C18H19N7O2. The summed E-state index contributed by atoms with van der Waals surface area (Å²) >= 11 is 0. The maximum absolute atomic E-state index is 12.7. The maximum atomic E-state index is 12.7. The summed E-state index contributed by atoms with van der Waals surface area (Å²) in [6.07, 6.45) is 0. The highest BCUT2D eigenvalue weighted by Gasteiger charge is 2.20. The highest BCUT2D eigenvalue weighted by molar-refractivity contribution is 5.99. The van der Waals surface area contributed by atoms with Crippen LogP contribution in [0.5, 0.6) is 0 Å². The van der Waals surface area contributed by atoms with Crippen molar-refractivity contribution in [3.63, 3.8) is 0 Å². The third-order valence-corrected chi connectivity index (χ3v) is 4.81. The Kier molecular flexibility index (Phi) is 3.79. The first kappa shape index (κ1) is 17.0. The van der Waals surface area contributed by atoms with E-state index in [4.69, 9.17) is 0 Å². The largest absolute Gasteiger partial charge is 0.346 e. The summed E-state index contributed by atoms with van der Waals surface area (Å²) in [5.41, 5.74) is 4.82. The molecule has 0 spiro atoms. The van der Waals surface area contributed by atoms with Crippen molar-refractivity contribution in [2.45, 2.75) is 27.3 Å². The zero-order chi connectivity index (χ0) is 19.3. The first-order valence-corrected chi connectivity index (χ1v) is 8.52. The number of carbonyl (C=O) groups is 1. The third-order valence-electron chi connectivity index (χ3n) is 4.81. The number of fused-ring (bicyclic) bond motifs is 3. The number of carbonyl (C=O) groups excluding carboxylic acids is 1. The molecule has 138 valence electrons. The summed E-state index contributed by atoms with van der Waals surface area (Å²) in [6.45, 7) is 6.06. The minimum atomic E-state index is -0.454. The van der Waals surface area contributed by atoms with Gasteiger partial charge in [-0.2, -0.15) is 5.10 Å². The molecule has 0 aliphatic heterocycles. The smallest absolute Gasteiger partial charge is 0.277 e. The predicted octanol–water partition coefficient (Wildman–Crippen LogP) is 1.16. The molecule has 1 aromatic carbocycles. The Balaban J connectivity index is 1.72. The lowest BCUT2D eigenvalue weighted by Gasteiger charge is -2.05.